The zero-order valence-electron chi connectivity index (χ0n) is 18.8. The third kappa shape index (κ3) is 4.00. The van der Waals surface area contributed by atoms with E-state index in [4.69, 9.17) is 4.74 Å². The van der Waals surface area contributed by atoms with E-state index in [-0.39, 0.29) is 11.3 Å². The predicted octanol–water partition coefficient (Wildman–Crippen LogP) is 5.39. The molecule has 0 spiro atoms. The van der Waals surface area contributed by atoms with E-state index in [2.05, 4.69) is 0 Å². The number of hydrogen-bond acceptors (Lipinski definition) is 4. The molecule has 33 heavy (non-hydrogen) atoms. The van der Waals surface area contributed by atoms with Gasteiger partial charge in [-0.2, -0.15) is 0 Å². The van der Waals surface area contributed by atoms with Crippen LogP contribution >= 0.6 is 0 Å². The highest BCUT2D eigenvalue weighted by atomic mass is 19.1. The number of aliphatic hydroxyl groups is 1. The second-order valence-corrected chi connectivity index (χ2v) is 8.25. The lowest BCUT2D eigenvalue weighted by molar-refractivity contribution is -0.132. The summed E-state index contributed by atoms with van der Waals surface area (Å²) < 4.78 is 18.9. The van der Waals surface area contributed by atoms with Gasteiger partial charge in [0.15, 0.2) is 0 Å². The standard InChI is InChI=1S/C27H24FNO4/c1-15-11-16(2)13-21(12-15)29-24(18-5-8-20(28)9-6-18)23(26(31)27(29)32)25(30)19-7-10-22(33-4)17(3)14-19/h5-14,24,30H,1-4H3/b25-23-. The van der Waals surface area contributed by atoms with Gasteiger partial charge in [-0.15, -0.1) is 0 Å². The van der Waals surface area contributed by atoms with Crippen molar-refractivity contribution in [2.75, 3.05) is 12.0 Å². The largest absolute Gasteiger partial charge is 0.507 e. The zero-order valence-corrected chi connectivity index (χ0v) is 18.8. The Balaban J connectivity index is 1.96. The smallest absolute Gasteiger partial charge is 0.300 e. The molecule has 0 radical (unpaired) electrons. The van der Waals surface area contributed by atoms with Gasteiger partial charge >= 0.3 is 0 Å². The first-order chi connectivity index (χ1) is 15.7. The number of rotatable bonds is 4. The summed E-state index contributed by atoms with van der Waals surface area (Å²) in [5.41, 5.74) is 4.01. The van der Waals surface area contributed by atoms with Gasteiger partial charge in [0.2, 0.25) is 0 Å². The van der Waals surface area contributed by atoms with Gasteiger partial charge in [-0.1, -0.05) is 18.2 Å². The van der Waals surface area contributed by atoms with Gasteiger partial charge in [-0.3, -0.25) is 14.5 Å². The molecule has 0 saturated carbocycles. The third-order valence-corrected chi connectivity index (χ3v) is 5.78. The average molecular weight is 445 g/mol. The minimum absolute atomic E-state index is 0.0460. The summed E-state index contributed by atoms with van der Waals surface area (Å²) in [7, 11) is 1.55. The fraction of sp³-hybridized carbons (Fsp3) is 0.185. The number of amides is 1. The number of anilines is 1. The molecule has 1 heterocycles. The van der Waals surface area contributed by atoms with Crippen LogP contribution in [0.2, 0.25) is 0 Å². The second kappa shape index (κ2) is 8.54. The summed E-state index contributed by atoms with van der Waals surface area (Å²) in [6, 6.07) is 15.3. The molecule has 1 saturated heterocycles. The maximum Gasteiger partial charge on any atom is 0.300 e. The van der Waals surface area contributed by atoms with E-state index in [1.807, 2.05) is 39.0 Å². The summed E-state index contributed by atoms with van der Waals surface area (Å²) in [4.78, 5) is 27.8. The highest BCUT2D eigenvalue weighted by Gasteiger charge is 2.47. The average Bonchev–Trinajstić information content (AvgIpc) is 3.03. The Morgan fingerprint density at radius 2 is 1.58 bits per heavy atom. The lowest BCUT2D eigenvalue weighted by Gasteiger charge is -2.26. The monoisotopic (exact) mass is 445 g/mol. The quantitative estimate of drug-likeness (QED) is 0.332. The molecule has 0 bridgehead atoms. The number of aryl methyl sites for hydroxylation is 3. The maximum atomic E-state index is 13.7. The molecule has 1 fully saturated rings. The van der Waals surface area contributed by atoms with E-state index in [9.17, 15) is 19.1 Å². The van der Waals surface area contributed by atoms with Gasteiger partial charge in [-0.05, 0) is 85.5 Å². The first kappa shape index (κ1) is 22.3. The van der Waals surface area contributed by atoms with Crippen LogP contribution in [0.3, 0.4) is 0 Å². The van der Waals surface area contributed by atoms with Crippen molar-refractivity contribution < 1.29 is 23.8 Å². The minimum atomic E-state index is -0.908. The Labute approximate surface area is 191 Å². The number of halogens is 1. The van der Waals surface area contributed by atoms with Crippen molar-refractivity contribution in [2.24, 2.45) is 0 Å². The molecule has 5 nitrogen and oxygen atoms in total. The molecule has 6 heteroatoms. The summed E-state index contributed by atoms with van der Waals surface area (Å²) in [5.74, 6) is -1.64. The summed E-state index contributed by atoms with van der Waals surface area (Å²) in [6.45, 7) is 5.63. The number of hydrogen-bond donors (Lipinski definition) is 1. The number of methoxy groups -OCH3 is 1. The van der Waals surface area contributed by atoms with E-state index >= 15 is 0 Å². The lowest BCUT2D eigenvalue weighted by Crippen LogP contribution is -2.29. The highest BCUT2D eigenvalue weighted by molar-refractivity contribution is 6.51. The van der Waals surface area contributed by atoms with Gasteiger partial charge < -0.3 is 9.84 Å². The molecule has 0 aliphatic carbocycles. The first-order valence-electron chi connectivity index (χ1n) is 10.5. The number of aliphatic hydroxyl groups excluding tert-OH is 1. The fourth-order valence-corrected chi connectivity index (χ4v) is 4.33. The van der Waals surface area contributed by atoms with Crippen molar-refractivity contribution in [3.8, 4) is 5.75 Å². The number of ketones is 1. The zero-order chi connectivity index (χ0) is 23.9. The Kier molecular flexibility index (Phi) is 5.77. The fourth-order valence-electron chi connectivity index (χ4n) is 4.33. The molecule has 1 N–H and O–H groups in total. The first-order valence-corrected chi connectivity index (χ1v) is 10.5. The van der Waals surface area contributed by atoms with E-state index in [0.717, 1.165) is 16.7 Å². The van der Waals surface area contributed by atoms with Crippen LogP contribution in [0.25, 0.3) is 5.76 Å². The van der Waals surface area contributed by atoms with Crippen LogP contribution in [0.1, 0.15) is 33.9 Å². The number of carbonyl (C=O) groups is 2. The number of Topliss-reactive ketones (excluding diaryl/α,β-unsaturated/α-hetero) is 1. The maximum absolute atomic E-state index is 13.7. The summed E-state index contributed by atoms with van der Waals surface area (Å²) in [5, 5.41) is 11.2. The SMILES string of the molecule is COc1ccc(/C(O)=C2/C(=O)C(=O)N(c3cc(C)cc(C)c3)C2c2ccc(F)cc2)cc1C. The normalized spacial score (nSPS) is 17.5. The van der Waals surface area contributed by atoms with Crippen LogP contribution in [0.5, 0.6) is 5.75 Å². The third-order valence-electron chi connectivity index (χ3n) is 5.78. The minimum Gasteiger partial charge on any atom is -0.507 e. The molecule has 168 valence electrons. The Hall–Kier alpha value is -3.93. The van der Waals surface area contributed by atoms with E-state index in [1.165, 1.54) is 29.2 Å². The lowest BCUT2D eigenvalue weighted by atomic mass is 9.94. The summed E-state index contributed by atoms with van der Waals surface area (Å²) in [6.07, 6.45) is 0. The van der Waals surface area contributed by atoms with Gasteiger partial charge in [0.05, 0.1) is 18.7 Å². The molecule has 4 rings (SSSR count). The highest BCUT2D eigenvalue weighted by Crippen LogP contribution is 2.42. The topological polar surface area (TPSA) is 66.8 Å². The molecular formula is C27H24FNO4. The van der Waals surface area contributed by atoms with E-state index in [0.29, 0.717) is 22.6 Å². The van der Waals surface area contributed by atoms with Crippen LogP contribution < -0.4 is 9.64 Å². The van der Waals surface area contributed by atoms with Crippen molar-refractivity contribution >= 4 is 23.1 Å². The number of ether oxygens (including phenoxy) is 1. The van der Waals surface area contributed by atoms with Gasteiger partial charge in [-0.25, -0.2) is 4.39 Å². The van der Waals surface area contributed by atoms with Crippen LogP contribution in [0.4, 0.5) is 10.1 Å². The van der Waals surface area contributed by atoms with Gasteiger partial charge in [0.25, 0.3) is 11.7 Å². The Morgan fingerprint density at radius 3 is 2.15 bits per heavy atom. The molecule has 1 unspecified atom stereocenters. The molecule has 3 aromatic carbocycles. The van der Waals surface area contributed by atoms with E-state index in [1.54, 1.807) is 25.3 Å². The molecule has 1 amide bonds. The molecule has 1 aliphatic rings. The molecule has 3 aromatic rings. The van der Waals surface area contributed by atoms with Gasteiger partial charge in [0.1, 0.15) is 17.3 Å². The Bertz CT molecular complexity index is 1270. The van der Waals surface area contributed by atoms with Crippen molar-refractivity contribution in [3.05, 3.63) is 99.9 Å². The molecule has 0 aromatic heterocycles. The molecule has 1 aliphatic heterocycles. The molecular weight excluding hydrogens is 421 g/mol. The second-order valence-electron chi connectivity index (χ2n) is 8.25. The van der Waals surface area contributed by atoms with Crippen molar-refractivity contribution in [1.82, 2.24) is 0 Å². The van der Waals surface area contributed by atoms with Crippen LogP contribution in [0.15, 0.2) is 66.2 Å². The van der Waals surface area contributed by atoms with Crippen LogP contribution in [-0.2, 0) is 9.59 Å². The van der Waals surface area contributed by atoms with E-state index < -0.39 is 23.5 Å². The number of benzene rings is 3. The summed E-state index contributed by atoms with van der Waals surface area (Å²) >= 11 is 0. The van der Waals surface area contributed by atoms with Crippen LogP contribution in [0, 0.1) is 26.6 Å². The van der Waals surface area contributed by atoms with Crippen molar-refractivity contribution in [1.29, 1.82) is 0 Å². The van der Waals surface area contributed by atoms with Crippen LogP contribution in [-0.4, -0.2) is 23.9 Å². The van der Waals surface area contributed by atoms with Gasteiger partial charge in [0, 0.05) is 11.3 Å². The molecule has 1 atom stereocenters. The number of carbonyl (C=O) groups excluding carboxylic acids is 2. The predicted molar refractivity (Wildman–Crippen MR) is 125 cm³/mol. The van der Waals surface area contributed by atoms with Crippen molar-refractivity contribution in [3.63, 3.8) is 0 Å². The number of nitrogens with zero attached hydrogens (tertiary/aromatic N) is 1. The Morgan fingerprint density at radius 1 is 0.939 bits per heavy atom. The van der Waals surface area contributed by atoms with Crippen molar-refractivity contribution in [2.45, 2.75) is 26.8 Å².